The number of hydrogen-bond acceptors (Lipinski definition) is 3. The van der Waals surface area contributed by atoms with Gasteiger partial charge in [0.2, 0.25) is 0 Å². The number of halogens is 3. The van der Waals surface area contributed by atoms with Gasteiger partial charge in [-0.25, -0.2) is 18.2 Å². The second kappa shape index (κ2) is 6.19. The van der Waals surface area contributed by atoms with Gasteiger partial charge in [0.25, 0.3) is 0 Å². The van der Waals surface area contributed by atoms with Crippen molar-refractivity contribution in [3.63, 3.8) is 0 Å². The molecule has 3 aromatic rings. The fourth-order valence-corrected chi connectivity index (χ4v) is 2.63. The van der Waals surface area contributed by atoms with Gasteiger partial charge in [0, 0.05) is 17.0 Å². The van der Waals surface area contributed by atoms with E-state index in [0.29, 0.717) is 5.69 Å². The van der Waals surface area contributed by atoms with E-state index in [1.165, 1.54) is 29.5 Å². The van der Waals surface area contributed by atoms with Crippen molar-refractivity contribution in [2.24, 2.45) is 0 Å². The molecular formula is C16H10F3NOS. The Labute approximate surface area is 128 Å². The minimum absolute atomic E-state index is 0.142. The van der Waals surface area contributed by atoms with Crippen LogP contribution in [0.3, 0.4) is 0 Å². The van der Waals surface area contributed by atoms with E-state index in [4.69, 9.17) is 4.74 Å². The monoisotopic (exact) mass is 321 g/mol. The highest BCUT2D eigenvalue weighted by Gasteiger charge is 2.07. The smallest absolute Gasteiger partial charge is 0.162 e. The molecule has 0 fully saturated rings. The van der Waals surface area contributed by atoms with Crippen LogP contribution in [0.4, 0.5) is 13.2 Å². The predicted molar refractivity (Wildman–Crippen MR) is 78.2 cm³/mol. The first-order valence-electron chi connectivity index (χ1n) is 6.40. The molecule has 1 aromatic heterocycles. The van der Waals surface area contributed by atoms with E-state index in [-0.39, 0.29) is 18.2 Å². The van der Waals surface area contributed by atoms with Gasteiger partial charge in [-0.1, -0.05) is 0 Å². The Morgan fingerprint density at radius 3 is 2.45 bits per heavy atom. The lowest BCUT2D eigenvalue weighted by atomic mass is 10.2. The molecule has 0 spiro atoms. The van der Waals surface area contributed by atoms with Gasteiger partial charge in [0.05, 0.1) is 5.69 Å². The standard InChI is InChI=1S/C16H10F3NOS/c17-11-3-1-10(2-4-11)16-20-12(9-22-16)8-21-13-5-6-14(18)15(19)7-13/h1-7,9H,8H2. The van der Waals surface area contributed by atoms with Crippen LogP contribution in [-0.2, 0) is 6.61 Å². The van der Waals surface area contributed by atoms with E-state index >= 15 is 0 Å². The fourth-order valence-electron chi connectivity index (χ4n) is 1.82. The van der Waals surface area contributed by atoms with E-state index < -0.39 is 11.6 Å². The minimum Gasteiger partial charge on any atom is -0.487 e. The zero-order chi connectivity index (χ0) is 15.5. The SMILES string of the molecule is Fc1ccc(-c2nc(COc3ccc(F)c(F)c3)cs2)cc1. The lowest BCUT2D eigenvalue weighted by molar-refractivity contribution is 0.299. The topological polar surface area (TPSA) is 22.1 Å². The minimum atomic E-state index is -0.956. The molecule has 6 heteroatoms. The Bertz CT molecular complexity index is 786. The van der Waals surface area contributed by atoms with E-state index in [0.717, 1.165) is 22.7 Å². The molecule has 0 amide bonds. The fraction of sp³-hybridized carbons (Fsp3) is 0.0625. The Balaban J connectivity index is 1.69. The first-order chi connectivity index (χ1) is 10.6. The number of hydrogen-bond donors (Lipinski definition) is 0. The largest absolute Gasteiger partial charge is 0.487 e. The molecule has 0 saturated heterocycles. The van der Waals surface area contributed by atoms with Gasteiger partial charge in [-0.2, -0.15) is 0 Å². The van der Waals surface area contributed by atoms with E-state index in [1.807, 2.05) is 0 Å². The molecule has 2 aromatic carbocycles. The van der Waals surface area contributed by atoms with Gasteiger partial charge < -0.3 is 4.74 Å². The van der Waals surface area contributed by atoms with Crippen molar-refractivity contribution in [1.82, 2.24) is 4.98 Å². The maximum absolute atomic E-state index is 13.1. The number of benzene rings is 2. The average molecular weight is 321 g/mol. The number of thiazole rings is 1. The van der Waals surface area contributed by atoms with E-state index in [9.17, 15) is 13.2 Å². The first-order valence-corrected chi connectivity index (χ1v) is 7.28. The molecule has 0 aliphatic carbocycles. The summed E-state index contributed by atoms with van der Waals surface area (Å²) in [6.07, 6.45) is 0. The molecule has 112 valence electrons. The van der Waals surface area contributed by atoms with Crippen LogP contribution in [0.25, 0.3) is 10.6 Å². The highest BCUT2D eigenvalue weighted by molar-refractivity contribution is 7.13. The molecule has 0 radical (unpaired) electrons. The number of aromatic nitrogens is 1. The molecular weight excluding hydrogens is 311 g/mol. The molecule has 0 aliphatic rings. The Hall–Kier alpha value is -2.34. The van der Waals surface area contributed by atoms with Gasteiger partial charge in [0.15, 0.2) is 11.6 Å². The maximum Gasteiger partial charge on any atom is 0.162 e. The van der Waals surface area contributed by atoms with E-state index in [1.54, 1.807) is 17.5 Å². The summed E-state index contributed by atoms with van der Waals surface area (Å²) in [4.78, 5) is 4.37. The number of nitrogens with zero attached hydrogens (tertiary/aromatic N) is 1. The third-order valence-corrected chi connectivity index (χ3v) is 3.86. The van der Waals surface area contributed by atoms with Crippen molar-refractivity contribution in [2.45, 2.75) is 6.61 Å². The van der Waals surface area contributed by atoms with Crippen LogP contribution < -0.4 is 4.74 Å². The molecule has 0 unspecified atom stereocenters. The number of ether oxygens (including phenoxy) is 1. The second-order valence-corrected chi connectivity index (χ2v) is 5.37. The van der Waals surface area contributed by atoms with Crippen molar-refractivity contribution < 1.29 is 17.9 Å². The summed E-state index contributed by atoms with van der Waals surface area (Å²) in [6, 6.07) is 9.38. The molecule has 0 N–H and O–H groups in total. The van der Waals surface area contributed by atoms with Crippen LogP contribution in [0.2, 0.25) is 0 Å². The first kappa shape index (κ1) is 14.6. The Morgan fingerprint density at radius 1 is 0.955 bits per heavy atom. The number of rotatable bonds is 4. The van der Waals surface area contributed by atoms with Gasteiger partial charge >= 0.3 is 0 Å². The zero-order valence-corrected chi connectivity index (χ0v) is 12.0. The van der Waals surface area contributed by atoms with Crippen LogP contribution in [-0.4, -0.2) is 4.98 Å². The highest BCUT2D eigenvalue weighted by atomic mass is 32.1. The summed E-state index contributed by atoms with van der Waals surface area (Å²) in [5.74, 6) is -1.94. The lowest BCUT2D eigenvalue weighted by Crippen LogP contribution is -1.97. The van der Waals surface area contributed by atoms with E-state index in [2.05, 4.69) is 4.98 Å². The third-order valence-electron chi connectivity index (χ3n) is 2.92. The van der Waals surface area contributed by atoms with Crippen molar-refractivity contribution in [3.05, 3.63) is 71.0 Å². The maximum atomic E-state index is 13.1. The molecule has 0 aliphatic heterocycles. The zero-order valence-electron chi connectivity index (χ0n) is 11.2. The summed E-state index contributed by atoms with van der Waals surface area (Å²) in [7, 11) is 0. The Kier molecular flexibility index (Phi) is 4.11. The van der Waals surface area contributed by atoms with Crippen LogP contribution >= 0.6 is 11.3 Å². The summed E-state index contributed by atoms with van der Waals surface area (Å²) < 4.78 is 44.1. The summed E-state index contributed by atoms with van der Waals surface area (Å²) in [5, 5.41) is 2.54. The molecule has 22 heavy (non-hydrogen) atoms. The third kappa shape index (κ3) is 3.28. The molecule has 1 heterocycles. The second-order valence-electron chi connectivity index (χ2n) is 4.52. The van der Waals surface area contributed by atoms with Crippen LogP contribution in [0.5, 0.6) is 5.75 Å². The van der Waals surface area contributed by atoms with Crippen LogP contribution in [0.1, 0.15) is 5.69 Å². The van der Waals surface area contributed by atoms with Gasteiger partial charge in [0.1, 0.15) is 23.2 Å². The predicted octanol–water partition coefficient (Wildman–Crippen LogP) is 4.81. The Morgan fingerprint density at radius 2 is 1.73 bits per heavy atom. The average Bonchev–Trinajstić information content (AvgIpc) is 2.98. The van der Waals surface area contributed by atoms with Crippen molar-refractivity contribution >= 4 is 11.3 Å². The van der Waals surface area contributed by atoms with Crippen molar-refractivity contribution in [1.29, 1.82) is 0 Å². The van der Waals surface area contributed by atoms with Crippen molar-refractivity contribution in [3.8, 4) is 16.3 Å². The van der Waals surface area contributed by atoms with Crippen LogP contribution in [0.15, 0.2) is 47.8 Å². The molecule has 2 nitrogen and oxygen atoms in total. The van der Waals surface area contributed by atoms with Gasteiger partial charge in [-0.15, -0.1) is 11.3 Å². The van der Waals surface area contributed by atoms with Crippen LogP contribution in [0, 0.1) is 17.5 Å². The van der Waals surface area contributed by atoms with Gasteiger partial charge in [-0.05, 0) is 36.4 Å². The summed E-state index contributed by atoms with van der Waals surface area (Å²) in [6.45, 7) is 0.142. The molecule has 0 atom stereocenters. The lowest BCUT2D eigenvalue weighted by Gasteiger charge is -2.04. The quantitative estimate of drug-likeness (QED) is 0.688. The van der Waals surface area contributed by atoms with Crippen molar-refractivity contribution in [2.75, 3.05) is 0 Å². The molecule has 0 saturated carbocycles. The molecule has 3 rings (SSSR count). The summed E-state index contributed by atoms with van der Waals surface area (Å²) >= 11 is 1.40. The normalized spacial score (nSPS) is 10.7. The summed E-state index contributed by atoms with van der Waals surface area (Å²) in [5.41, 5.74) is 1.47. The molecule has 0 bridgehead atoms. The highest BCUT2D eigenvalue weighted by Crippen LogP contribution is 2.24. The van der Waals surface area contributed by atoms with Gasteiger partial charge in [-0.3, -0.25) is 0 Å².